The van der Waals surface area contributed by atoms with Crippen molar-refractivity contribution in [2.24, 2.45) is 0 Å². The molecule has 2 nitrogen and oxygen atoms in total. The van der Waals surface area contributed by atoms with Gasteiger partial charge in [0.25, 0.3) is 0 Å². The van der Waals surface area contributed by atoms with Crippen molar-refractivity contribution in [1.29, 1.82) is 0 Å². The standard InChI is InChI=1S/C81H140N2/c1-5-9-13-16-18-20-22-24-26-28-30-32-34-35-36-37-38-40-42-44-46-48-50-52-54-56-58-61-65-80(79(74-83-82)64-60-15-11-7-3)81(77-70-66-75(67-71-77)62-12-8-4)78-72-68-76(69-73-78)63-59-57-55-53-51-49-47-45-43-41-39-33-31-29-27-25-23-21-19-17-14-10-6-2/h61,65-73H,5-60,62-64H2,1-4H3. The summed E-state index contributed by atoms with van der Waals surface area (Å²) in [4.78, 5) is 3.58. The molecule has 0 unspecified atom stereocenters. The summed E-state index contributed by atoms with van der Waals surface area (Å²) in [5.41, 5.74) is 18.8. The third-order valence-corrected chi connectivity index (χ3v) is 18.4. The SMILES string of the molecule is CCCCCCCCCCCCCCCCCCCCCCCCCCCCC=CC(C(=C=[N+]=[N-])CCCCCC)=C(c1ccc(CCCC)cc1)c1ccc(CCCCCCCCCCCCCCCCCCCCCCCCC)cc1. The number of rotatable bonds is 63. The average molecular weight is 1140 g/mol. The van der Waals surface area contributed by atoms with E-state index in [0.717, 1.165) is 43.3 Å². The number of nitrogens with zero attached hydrogens (tertiary/aromatic N) is 2. The van der Waals surface area contributed by atoms with E-state index in [2.05, 4.69) is 99.0 Å². The summed E-state index contributed by atoms with van der Waals surface area (Å²) in [7, 11) is 0. The van der Waals surface area contributed by atoms with Gasteiger partial charge in [-0.25, -0.2) is 0 Å². The third-order valence-electron chi connectivity index (χ3n) is 18.4. The van der Waals surface area contributed by atoms with Crippen LogP contribution in [0.1, 0.15) is 416 Å². The Morgan fingerprint density at radius 2 is 0.566 bits per heavy atom. The Kier molecular flexibility index (Phi) is 55.8. The molecule has 0 amide bonds. The van der Waals surface area contributed by atoms with Gasteiger partial charge in [-0.1, -0.05) is 416 Å². The van der Waals surface area contributed by atoms with Gasteiger partial charge in [0.2, 0.25) is 0 Å². The summed E-state index contributed by atoms with van der Waals surface area (Å²) in [6.07, 6.45) is 86.1. The molecule has 2 aromatic carbocycles. The van der Waals surface area contributed by atoms with Crippen molar-refractivity contribution < 1.29 is 4.79 Å². The first kappa shape index (κ1) is 76.2. The summed E-state index contributed by atoms with van der Waals surface area (Å²) < 4.78 is 0. The van der Waals surface area contributed by atoms with Gasteiger partial charge in [-0.2, -0.15) is 0 Å². The van der Waals surface area contributed by atoms with Crippen LogP contribution in [0, 0.1) is 0 Å². The molecule has 2 rings (SSSR count). The van der Waals surface area contributed by atoms with Gasteiger partial charge in [-0.05, 0) is 79.2 Å². The van der Waals surface area contributed by atoms with Gasteiger partial charge < -0.3 is 5.53 Å². The maximum atomic E-state index is 10.1. The molecule has 0 spiro atoms. The number of hydrogen-bond acceptors (Lipinski definition) is 0. The zero-order valence-electron chi connectivity index (χ0n) is 56.4. The molecule has 0 heterocycles. The number of hydrogen-bond donors (Lipinski definition) is 0. The van der Waals surface area contributed by atoms with E-state index in [1.807, 2.05) is 0 Å². The number of allylic oxidation sites excluding steroid dienone is 4. The molecular weight excluding hydrogens is 1000 g/mol. The minimum absolute atomic E-state index is 0.860. The zero-order valence-corrected chi connectivity index (χ0v) is 56.4. The molecule has 0 aliphatic heterocycles. The van der Waals surface area contributed by atoms with Crippen LogP contribution in [0.15, 0.2) is 71.8 Å². The van der Waals surface area contributed by atoms with Crippen LogP contribution in [0.2, 0.25) is 0 Å². The Labute approximate surface area is 519 Å². The smallest absolute Gasteiger partial charge is 0.303 e. The Balaban J connectivity index is 1.78. The Morgan fingerprint density at radius 1 is 0.313 bits per heavy atom. The molecule has 0 N–H and O–H groups in total. The van der Waals surface area contributed by atoms with E-state index >= 15 is 0 Å². The van der Waals surface area contributed by atoms with E-state index in [9.17, 15) is 5.53 Å². The van der Waals surface area contributed by atoms with E-state index in [-0.39, 0.29) is 0 Å². The largest absolute Gasteiger partial charge is 0.348 e. The Hall–Kier alpha value is -2.92. The second-order valence-electron chi connectivity index (χ2n) is 26.3. The zero-order chi connectivity index (χ0) is 59.2. The third kappa shape index (κ3) is 46.0. The van der Waals surface area contributed by atoms with Crippen LogP contribution < -0.4 is 0 Å². The molecule has 0 aliphatic rings. The summed E-state index contributed by atoms with van der Waals surface area (Å²) in [6.45, 7) is 9.18. The molecule has 0 aliphatic carbocycles. The van der Waals surface area contributed by atoms with E-state index < -0.39 is 0 Å². The summed E-state index contributed by atoms with van der Waals surface area (Å²) in [6, 6.07) is 18.9. The highest BCUT2D eigenvalue weighted by Crippen LogP contribution is 2.34. The second-order valence-corrected chi connectivity index (χ2v) is 26.3. The number of unbranched alkanes of at least 4 members (excludes halogenated alkanes) is 52. The van der Waals surface area contributed by atoms with Gasteiger partial charge in [-0.15, -0.1) is 4.79 Å². The lowest BCUT2D eigenvalue weighted by molar-refractivity contribution is 0.00742. The molecule has 0 saturated heterocycles. The van der Waals surface area contributed by atoms with Crippen LogP contribution in [0.4, 0.5) is 0 Å². The fourth-order valence-corrected chi connectivity index (χ4v) is 12.8. The van der Waals surface area contributed by atoms with E-state index in [4.69, 9.17) is 0 Å². The van der Waals surface area contributed by atoms with Crippen LogP contribution in [-0.4, -0.2) is 10.7 Å². The fraction of sp³-hybridized carbons (Fsp3) is 0.778. The molecule has 0 aromatic heterocycles. The van der Waals surface area contributed by atoms with Gasteiger partial charge in [0.15, 0.2) is 0 Å². The van der Waals surface area contributed by atoms with Gasteiger partial charge in [0.05, 0.1) is 5.57 Å². The van der Waals surface area contributed by atoms with Gasteiger partial charge in [0.1, 0.15) is 0 Å². The van der Waals surface area contributed by atoms with E-state index in [0.29, 0.717) is 0 Å². The van der Waals surface area contributed by atoms with E-state index in [1.165, 1.54) is 375 Å². The van der Waals surface area contributed by atoms with Gasteiger partial charge in [-0.3, -0.25) is 0 Å². The first-order valence-electron chi connectivity index (χ1n) is 37.7. The van der Waals surface area contributed by atoms with Crippen LogP contribution in [0.3, 0.4) is 0 Å². The quantitative estimate of drug-likeness (QED) is 0.0208. The maximum Gasteiger partial charge on any atom is 0.303 e. The monoisotopic (exact) mass is 1140 g/mol. The van der Waals surface area contributed by atoms with Crippen molar-refractivity contribution in [1.82, 2.24) is 0 Å². The lowest BCUT2D eigenvalue weighted by Crippen LogP contribution is -2.00. The molecule has 0 atom stereocenters. The number of benzene rings is 2. The average Bonchev–Trinajstić information content (AvgIpc) is 3.70. The van der Waals surface area contributed by atoms with Gasteiger partial charge in [0, 0.05) is 5.57 Å². The topological polar surface area (TPSA) is 36.4 Å². The minimum atomic E-state index is 0.860. The highest BCUT2D eigenvalue weighted by Gasteiger charge is 2.17. The molecule has 0 saturated carbocycles. The van der Waals surface area contributed by atoms with Crippen molar-refractivity contribution in [3.05, 3.63) is 99.6 Å². The molecule has 0 bridgehead atoms. The van der Waals surface area contributed by atoms with Gasteiger partial charge >= 0.3 is 5.87 Å². The Bertz CT molecular complexity index is 1820. The van der Waals surface area contributed by atoms with Crippen molar-refractivity contribution in [2.45, 2.75) is 407 Å². The lowest BCUT2D eigenvalue weighted by atomic mass is 9.86. The summed E-state index contributed by atoms with van der Waals surface area (Å²) in [5, 5.41) is 0. The summed E-state index contributed by atoms with van der Waals surface area (Å²) in [5.74, 6) is 3.12. The lowest BCUT2D eigenvalue weighted by Gasteiger charge is -2.16. The van der Waals surface area contributed by atoms with Crippen molar-refractivity contribution in [2.75, 3.05) is 0 Å². The minimum Gasteiger partial charge on any atom is -0.348 e. The molecule has 0 fully saturated rings. The highest BCUT2D eigenvalue weighted by atomic mass is 14.8. The molecule has 474 valence electrons. The second kappa shape index (κ2) is 60.8. The van der Waals surface area contributed by atoms with E-state index in [1.54, 1.807) is 0 Å². The molecule has 2 heteroatoms. The first-order chi connectivity index (χ1) is 41.2. The molecular formula is C81H140N2. The molecule has 2 aromatic rings. The number of aryl methyl sites for hydroxylation is 2. The van der Waals surface area contributed by atoms with Crippen LogP contribution in [0.5, 0.6) is 0 Å². The highest BCUT2D eigenvalue weighted by molar-refractivity contribution is 5.88. The predicted octanol–water partition coefficient (Wildman–Crippen LogP) is 28.3. The van der Waals surface area contributed by atoms with Crippen LogP contribution in [-0.2, 0) is 12.8 Å². The molecule has 0 radical (unpaired) electrons. The van der Waals surface area contributed by atoms with Crippen molar-refractivity contribution in [3.63, 3.8) is 0 Å². The first-order valence-corrected chi connectivity index (χ1v) is 37.7. The van der Waals surface area contributed by atoms with Crippen LogP contribution in [0.25, 0.3) is 11.1 Å². The Morgan fingerprint density at radius 3 is 0.855 bits per heavy atom. The molecule has 83 heavy (non-hydrogen) atoms. The predicted molar refractivity (Wildman–Crippen MR) is 373 cm³/mol. The normalized spacial score (nSPS) is 11.9. The maximum absolute atomic E-state index is 10.1. The van der Waals surface area contributed by atoms with Crippen LogP contribution >= 0.6 is 0 Å². The van der Waals surface area contributed by atoms with Crippen molar-refractivity contribution in [3.8, 4) is 0 Å². The summed E-state index contributed by atoms with van der Waals surface area (Å²) >= 11 is 0. The fourth-order valence-electron chi connectivity index (χ4n) is 12.8. The van der Waals surface area contributed by atoms with Crippen molar-refractivity contribution >= 4 is 11.4 Å².